The zero-order valence-corrected chi connectivity index (χ0v) is 11.5. The predicted octanol–water partition coefficient (Wildman–Crippen LogP) is 1.76. The monoisotopic (exact) mass is 296 g/mol. The highest BCUT2D eigenvalue weighted by Gasteiger charge is 2.28. The fourth-order valence-corrected chi connectivity index (χ4v) is 2.36. The van der Waals surface area contributed by atoms with E-state index in [-0.39, 0.29) is 11.6 Å². The summed E-state index contributed by atoms with van der Waals surface area (Å²) in [5.41, 5.74) is -0.637. The summed E-state index contributed by atoms with van der Waals surface area (Å²) < 4.78 is 13.5. The number of carbonyl (C=O) groups excluding carboxylic acids is 1. The number of aromatic carboxylic acids is 1. The molecule has 3 N–H and O–H groups in total. The lowest BCUT2D eigenvalue weighted by Gasteiger charge is -2.34. The summed E-state index contributed by atoms with van der Waals surface area (Å²) in [6, 6.07) is 3.20. The summed E-state index contributed by atoms with van der Waals surface area (Å²) in [7, 11) is 0. The van der Waals surface area contributed by atoms with Gasteiger partial charge in [-0.2, -0.15) is 0 Å². The minimum atomic E-state index is -1.44. The van der Waals surface area contributed by atoms with Crippen LogP contribution in [0, 0.1) is 11.7 Å². The van der Waals surface area contributed by atoms with E-state index in [9.17, 15) is 19.1 Å². The fourth-order valence-electron chi connectivity index (χ4n) is 2.36. The van der Waals surface area contributed by atoms with Gasteiger partial charge < -0.3 is 20.4 Å². The molecule has 2 unspecified atom stereocenters. The van der Waals surface area contributed by atoms with Crippen LogP contribution >= 0.6 is 0 Å². The van der Waals surface area contributed by atoms with E-state index in [1.807, 2.05) is 6.92 Å². The van der Waals surface area contributed by atoms with Gasteiger partial charge in [0.15, 0.2) is 0 Å². The molecule has 0 bridgehead atoms. The van der Waals surface area contributed by atoms with E-state index in [4.69, 9.17) is 5.11 Å². The van der Waals surface area contributed by atoms with Crippen LogP contribution in [0.3, 0.4) is 0 Å². The topological polar surface area (TPSA) is 89.9 Å². The molecule has 2 atom stereocenters. The highest BCUT2D eigenvalue weighted by atomic mass is 19.1. The molecule has 0 spiro atoms. The maximum Gasteiger partial charge on any atom is 0.340 e. The fraction of sp³-hybridized carbons (Fsp3) is 0.429. The highest BCUT2D eigenvalue weighted by molar-refractivity contribution is 6.00. The Balaban J connectivity index is 2.13. The number of carbonyl (C=O) groups is 2. The van der Waals surface area contributed by atoms with E-state index in [1.165, 1.54) is 17.0 Å². The number of aliphatic hydroxyl groups is 1. The van der Waals surface area contributed by atoms with Crippen LogP contribution in [0.5, 0.6) is 0 Å². The molecule has 6 nitrogen and oxygen atoms in total. The number of urea groups is 1. The number of hydrogen-bond acceptors (Lipinski definition) is 3. The van der Waals surface area contributed by atoms with Gasteiger partial charge in [-0.05, 0) is 24.5 Å². The number of carboxylic acids is 1. The van der Waals surface area contributed by atoms with Crippen molar-refractivity contribution in [2.24, 2.45) is 5.92 Å². The lowest BCUT2D eigenvalue weighted by molar-refractivity contribution is 0.0506. The first-order valence-electron chi connectivity index (χ1n) is 6.66. The number of rotatable bonds is 2. The second-order valence-corrected chi connectivity index (χ2v) is 5.18. The largest absolute Gasteiger partial charge is 0.478 e. The van der Waals surface area contributed by atoms with Gasteiger partial charge in [0.25, 0.3) is 0 Å². The zero-order valence-electron chi connectivity index (χ0n) is 11.5. The van der Waals surface area contributed by atoms with Gasteiger partial charge in [-0.1, -0.05) is 13.0 Å². The summed E-state index contributed by atoms with van der Waals surface area (Å²) in [6.07, 6.45) is 0.0153. The van der Waals surface area contributed by atoms with E-state index in [2.05, 4.69) is 5.32 Å². The molecule has 1 aromatic rings. The van der Waals surface area contributed by atoms with E-state index < -0.39 is 29.5 Å². The molecular formula is C14H17FN2O4. The van der Waals surface area contributed by atoms with Crippen LogP contribution in [0.15, 0.2) is 18.2 Å². The van der Waals surface area contributed by atoms with Crippen molar-refractivity contribution in [3.63, 3.8) is 0 Å². The third-order valence-electron chi connectivity index (χ3n) is 3.62. The molecule has 1 fully saturated rings. The molecule has 0 saturated carbocycles. The molecular weight excluding hydrogens is 279 g/mol. The SMILES string of the molecule is CC1CN(C(=O)Nc2cccc(F)c2C(=O)O)CCC1O. The van der Waals surface area contributed by atoms with Crippen LogP contribution < -0.4 is 5.32 Å². The van der Waals surface area contributed by atoms with Crippen LogP contribution in [0.1, 0.15) is 23.7 Å². The lowest BCUT2D eigenvalue weighted by atomic mass is 9.97. The van der Waals surface area contributed by atoms with Crippen LogP contribution in [0.2, 0.25) is 0 Å². The van der Waals surface area contributed by atoms with Gasteiger partial charge in [0, 0.05) is 13.1 Å². The number of benzene rings is 1. The Morgan fingerprint density at radius 2 is 2.14 bits per heavy atom. The van der Waals surface area contributed by atoms with Crippen molar-refractivity contribution in [1.29, 1.82) is 0 Å². The number of piperidine rings is 1. The number of likely N-dealkylation sites (tertiary alicyclic amines) is 1. The number of nitrogens with zero attached hydrogens (tertiary/aromatic N) is 1. The number of anilines is 1. The Kier molecular flexibility index (Phi) is 4.42. The molecule has 2 amide bonds. The standard InChI is InChI=1S/C14H17FN2O4/c1-8-7-17(6-5-11(8)18)14(21)16-10-4-2-3-9(15)12(10)13(19)20/h2-4,8,11,18H,5-7H2,1H3,(H,16,21)(H,19,20). The lowest BCUT2D eigenvalue weighted by Crippen LogP contribution is -2.46. The van der Waals surface area contributed by atoms with E-state index in [1.54, 1.807) is 0 Å². The first-order chi connectivity index (χ1) is 9.90. The van der Waals surface area contributed by atoms with Crippen molar-refractivity contribution in [3.8, 4) is 0 Å². The molecule has 1 saturated heterocycles. The molecule has 114 valence electrons. The molecule has 2 rings (SSSR count). The van der Waals surface area contributed by atoms with Gasteiger partial charge in [-0.15, -0.1) is 0 Å². The quantitative estimate of drug-likeness (QED) is 0.775. The Morgan fingerprint density at radius 1 is 1.43 bits per heavy atom. The summed E-state index contributed by atoms with van der Waals surface area (Å²) >= 11 is 0. The average molecular weight is 296 g/mol. The average Bonchev–Trinajstić information content (AvgIpc) is 2.41. The van der Waals surface area contributed by atoms with Crippen LogP contribution in [-0.4, -0.2) is 46.3 Å². The van der Waals surface area contributed by atoms with Gasteiger partial charge in [0.1, 0.15) is 11.4 Å². The van der Waals surface area contributed by atoms with Gasteiger partial charge in [-0.3, -0.25) is 0 Å². The number of amides is 2. The first-order valence-corrected chi connectivity index (χ1v) is 6.66. The third-order valence-corrected chi connectivity index (χ3v) is 3.62. The second-order valence-electron chi connectivity index (χ2n) is 5.18. The molecule has 7 heteroatoms. The smallest absolute Gasteiger partial charge is 0.340 e. The summed E-state index contributed by atoms with van der Waals surface area (Å²) in [6.45, 7) is 2.56. The Hall–Kier alpha value is -2.15. The third kappa shape index (κ3) is 3.30. The number of nitrogens with one attached hydrogen (secondary N) is 1. The Labute approximate surface area is 121 Å². The molecule has 0 radical (unpaired) electrons. The molecule has 0 aliphatic carbocycles. The van der Waals surface area contributed by atoms with Crippen LogP contribution in [-0.2, 0) is 0 Å². The minimum absolute atomic E-state index is 0.0593. The molecule has 1 heterocycles. The van der Waals surface area contributed by atoms with Gasteiger partial charge in [-0.25, -0.2) is 14.0 Å². The number of aliphatic hydroxyl groups excluding tert-OH is 1. The molecule has 0 aromatic heterocycles. The first kappa shape index (κ1) is 15.2. The normalized spacial score (nSPS) is 22.0. The predicted molar refractivity (Wildman–Crippen MR) is 73.7 cm³/mol. The van der Waals surface area contributed by atoms with Crippen molar-refractivity contribution in [3.05, 3.63) is 29.6 Å². The van der Waals surface area contributed by atoms with Crippen molar-refractivity contribution in [1.82, 2.24) is 4.90 Å². The van der Waals surface area contributed by atoms with Gasteiger partial charge >= 0.3 is 12.0 Å². The minimum Gasteiger partial charge on any atom is -0.478 e. The summed E-state index contributed by atoms with van der Waals surface area (Å²) in [5, 5.41) is 21.1. The van der Waals surface area contributed by atoms with Crippen molar-refractivity contribution >= 4 is 17.7 Å². The molecule has 1 aromatic carbocycles. The number of hydrogen-bond donors (Lipinski definition) is 3. The van der Waals surface area contributed by atoms with Gasteiger partial charge in [0.05, 0.1) is 11.8 Å². The Bertz CT molecular complexity index is 564. The van der Waals surface area contributed by atoms with Gasteiger partial charge in [0.2, 0.25) is 0 Å². The maximum atomic E-state index is 13.5. The Morgan fingerprint density at radius 3 is 2.76 bits per heavy atom. The van der Waals surface area contributed by atoms with Crippen LogP contribution in [0.25, 0.3) is 0 Å². The maximum absolute atomic E-state index is 13.5. The van der Waals surface area contributed by atoms with E-state index in [0.29, 0.717) is 19.5 Å². The van der Waals surface area contributed by atoms with Crippen molar-refractivity contribution < 1.29 is 24.2 Å². The summed E-state index contributed by atoms with van der Waals surface area (Å²) in [5.74, 6) is -2.40. The molecule has 1 aliphatic heterocycles. The van der Waals surface area contributed by atoms with E-state index in [0.717, 1.165) is 6.07 Å². The molecule has 21 heavy (non-hydrogen) atoms. The second kappa shape index (κ2) is 6.09. The molecule has 1 aliphatic rings. The van der Waals surface area contributed by atoms with Crippen molar-refractivity contribution in [2.45, 2.75) is 19.4 Å². The summed E-state index contributed by atoms with van der Waals surface area (Å²) in [4.78, 5) is 24.7. The van der Waals surface area contributed by atoms with E-state index >= 15 is 0 Å². The zero-order chi connectivity index (χ0) is 15.6. The number of halogens is 1. The van der Waals surface area contributed by atoms with Crippen molar-refractivity contribution in [2.75, 3.05) is 18.4 Å². The van der Waals surface area contributed by atoms with Crippen LogP contribution in [0.4, 0.5) is 14.9 Å². The number of carboxylic acid groups (broad SMARTS) is 1. The highest BCUT2D eigenvalue weighted by Crippen LogP contribution is 2.21.